The summed E-state index contributed by atoms with van der Waals surface area (Å²) in [7, 11) is 1.61. The Balaban J connectivity index is 1.51. The normalized spacial score (nSPS) is 11.0. The first-order chi connectivity index (χ1) is 16.1. The molecule has 0 atom stereocenters. The summed E-state index contributed by atoms with van der Waals surface area (Å²) in [5, 5.41) is 13.1. The van der Waals surface area contributed by atoms with Gasteiger partial charge in [0.25, 0.3) is 5.91 Å². The smallest absolute Gasteiger partial charge is 0.250 e. The molecule has 0 radical (unpaired) electrons. The van der Waals surface area contributed by atoms with Gasteiger partial charge in [-0.25, -0.2) is 9.82 Å². The Morgan fingerprint density at radius 3 is 2.61 bits per heavy atom. The van der Waals surface area contributed by atoms with Crippen molar-refractivity contribution >= 4 is 23.9 Å². The Morgan fingerprint density at radius 2 is 1.88 bits per heavy atom. The van der Waals surface area contributed by atoms with Crippen LogP contribution in [0.25, 0.3) is 17.1 Å². The van der Waals surface area contributed by atoms with E-state index in [0.717, 1.165) is 17.0 Å². The van der Waals surface area contributed by atoms with Gasteiger partial charge in [-0.3, -0.25) is 9.36 Å². The van der Waals surface area contributed by atoms with Gasteiger partial charge in [0.2, 0.25) is 0 Å². The minimum absolute atomic E-state index is 0.0730. The molecule has 166 valence electrons. The summed E-state index contributed by atoms with van der Waals surface area (Å²) in [5.74, 6) is 0.778. The Labute approximate surface area is 194 Å². The van der Waals surface area contributed by atoms with Crippen molar-refractivity contribution in [2.45, 2.75) is 5.16 Å². The molecule has 3 aromatic carbocycles. The van der Waals surface area contributed by atoms with Crippen LogP contribution in [-0.2, 0) is 4.79 Å². The fourth-order valence-electron chi connectivity index (χ4n) is 3.03. The number of nitrogens with zero attached hydrogens (tertiary/aromatic N) is 4. The van der Waals surface area contributed by atoms with Crippen molar-refractivity contribution in [2.24, 2.45) is 5.10 Å². The van der Waals surface area contributed by atoms with Gasteiger partial charge in [-0.1, -0.05) is 54.2 Å². The van der Waals surface area contributed by atoms with E-state index >= 15 is 0 Å². The van der Waals surface area contributed by atoms with Gasteiger partial charge in [-0.2, -0.15) is 5.10 Å². The molecule has 1 heterocycles. The van der Waals surface area contributed by atoms with Gasteiger partial charge in [-0.05, 0) is 42.0 Å². The van der Waals surface area contributed by atoms with Crippen molar-refractivity contribution in [3.63, 3.8) is 0 Å². The van der Waals surface area contributed by atoms with Crippen LogP contribution in [0, 0.1) is 5.82 Å². The number of ether oxygens (including phenoxy) is 1. The maximum atomic E-state index is 13.2. The molecule has 1 N–H and O–H groups in total. The number of nitrogens with one attached hydrogen (secondary N) is 1. The van der Waals surface area contributed by atoms with Crippen LogP contribution in [0.1, 0.15) is 5.56 Å². The number of benzene rings is 3. The van der Waals surface area contributed by atoms with Gasteiger partial charge in [-0.15, -0.1) is 10.2 Å². The molecule has 1 amide bonds. The predicted octanol–water partition coefficient (Wildman–Crippen LogP) is 4.32. The second-order valence-corrected chi connectivity index (χ2v) is 7.78. The Morgan fingerprint density at radius 1 is 1.09 bits per heavy atom. The monoisotopic (exact) mass is 461 g/mol. The molecule has 0 bridgehead atoms. The first-order valence-electron chi connectivity index (χ1n) is 9.99. The van der Waals surface area contributed by atoms with Crippen molar-refractivity contribution in [2.75, 3.05) is 12.9 Å². The number of aromatic nitrogens is 3. The number of methoxy groups -OCH3 is 1. The maximum Gasteiger partial charge on any atom is 0.250 e. The van der Waals surface area contributed by atoms with Gasteiger partial charge in [0.15, 0.2) is 11.0 Å². The van der Waals surface area contributed by atoms with Crippen LogP contribution in [-0.4, -0.2) is 39.7 Å². The Hall–Kier alpha value is -3.98. The number of rotatable bonds is 8. The van der Waals surface area contributed by atoms with Crippen LogP contribution in [0.4, 0.5) is 4.39 Å². The fraction of sp³-hybridized carbons (Fsp3) is 0.0833. The lowest BCUT2D eigenvalue weighted by atomic mass is 10.2. The average molecular weight is 462 g/mol. The van der Waals surface area contributed by atoms with Crippen LogP contribution < -0.4 is 10.2 Å². The van der Waals surface area contributed by atoms with Gasteiger partial charge < -0.3 is 4.74 Å². The minimum atomic E-state index is -0.368. The number of carbonyl (C=O) groups is 1. The van der Waals surface area contributed by atoms with Crippen molar-refractivity contribution < 1.29 is 13.9 Å². The van der Waals surface area contributed by atoms with E-state index in [2.05, 4.69) is 20.7 Å². The minimum Gasteiger partial charge on any atom is -0.497 e. The highest BCUT2D eigenvalue weighted by molar-refractivity contribution is 7.99. The zero-order valence-electron chi connectivity index (χ0n) is 17.7. The molecule has 4 aromatic rings. The zero-order chi connectivity index (χ0) is 23.0. The lowest BCUT2D eigenvalue weighted by Gasteiger charge is -2.11. The molecule has 7 nitrogen and oxygen atoms in total. The van der Waals surface area contributed by atoms with Gasteiger partial charge >= 0.3 is 0 Å². The summed E-state index contributed by atoms with van der Waals surface area (Å²) in [5.41, 5.74) is 4.74. The van der Waals surface area contributed by atoms with Crippen LogP contribution >= 0.6 is 11.8 Å². The van der Waals surface area contributed by atoms with E-state index in [1.165, 1.54) is 30.1 Å². The van der Waals surface area contributed by atoms with Crippen LogP contribution in [0.5, 0.6) is 5.75 Å². The van der Waals surface area contributed by atoms with Gasteiger partial charge in [0.05, 0.1) is 19.1 Å². The average Bonchev–Trinajstić information content (AvgIpc) is 3.27. The van der Waals surface area contributed by atoms with E-state index < -0.39 is 0 Å². The molecule has 0 unspecified atom stereocenters. The number of hydrazone groups is 1. The fourth-order valence-corrected chi connectivity index (χ4v) is 3.77. The highest BCUT2D eigenvalue weighted by Gasteiger charge is 2.17. The number of halogens is 1. The molecule has 0 spiro atoms. The maximum absolute atomic E-state index is 13.2. The number of carbonyl (C=O) groups excluding carboxylic acids is 1. The summed E-state index contributed by atoms with van der Waals surface area (Å²) in [6.45, 7) is 0. The molecule has 0 aliphatic carbocycles. The van der Waals surface area contributed by atoms with Gasteiger partial charge in [0, 0.05) is 11.3 Å². The number of thioether (sulfide) groups is 1. The molecular formula is C24H20FN5O2S. The van der Waals surface area contributed by atoms with E-state index in [9.17, 15) is 9.18 Å². The number of hydrogen-bond donors (Lipinski definition) is 1. The third-order valence-corrected chi connectivity index (χ3v) is 5.51. The van der Waals surface area contributed by atoms with Crippen molar-refractivity contribution in [1.29, 1.82) is 0 Å². The van der Waals surface area contributed by atoms with Crippen LogP contribution in [0.2, 0.25) is 0 Å². The van der Waals surface area contributed by atoms with Crippen LogP contribution in [0.15, 0.2) is 89.1 Å². The second-order valence-electron chi connectivity index (χ2n) is 6.84. The summed E-state index contributed by atoms with van der Waals surface area (Å²) in [6.07, 6.45) is 1.39. The first-order valence-corrected chi connectivity index (χ1v) is 11.0. The van der Waals surface area contributed by atoms with Crippen LogP contribution in [0.3, 0.4) is 0 Å². The molecular weight excluding hydrogens is 441 g/mol. The highest BCUT2D eigenvalue weighted by Crippen LogP contribution is 2.28. The first kappa shape index (κ1) is 22.2. The van der Waals surface area contributed by atoms with Gasteiger partial charge in [0.1, 0.15) is 11.6 Å². The third-order valence-electron chi connectivity index (χ3n) is 4.58. The molecule has 33 heavy (non-hydrogen) atoms. The van der Waals surface area contributed by atoms with E-state index in [0.29, 0.717) is 16.5 Å². The molecule has 1 aromatic heterocycles. The van der Waals surface area contributed by atoms with E-state index in [-0.39, 0.29) is 17.5 Å². The quantitative estimate of drug-likeness (QED) is 0.240. The number of amides is 1. The lowest BCUT2D eigenvalue weighted by molar-refractivity contribution is -0.118. The molecule has 0 aliphatic heterocycles. The van der Waals surface area contributed by atoms with E-state index in [1.54, 1.807) is 19.2 Å². The summed E-state index contributed by atoms with van der Waals surface area (Å²) < 4.78 is 20.4. The summed E-state index contributed by atoms with van der Waals surface area (Å²) in [6, 6.07) is 23.1. The Kier molecular flexibility index (Phi) is 7.11. The van der Waals surface area contributed by atoms with E-state index in [4.69, 9.17) is 4.74 Å². The highest BCUT2D eigenvalue weighted by atomic mass is 32.2. The predicted molar refractivity (Wildman–Crippen MR) is 126 cm³/mol. The molecule has 0 saturated carbocycles. The molecule has 0 aliphatic rings. The standard InChI is InChI=1S/C24H20FN5O2S/c1-32-21-12-10-20(11-13-21)30-23(18-7-3-2-4-8-18)28-29-24(30)33-16-22(31)27-26-15-17-6-5-9-19(25)14-17/h2-15H,16H2,1H3,(H,27,31)/b26-15-. The molecule has 0 saturated heterocycles. The van der Waals surface area contributed by atoms with Crippen molar-refractivity contribution in [1.82, 2.24) is 20.2 Å². The van der Waals surface area contributed by atoms with Crippen molar-refractivity contribution in [3.05, 3.63) is 90.2 Å². The summed E-state index contributed by atoms with van der Waals surface area (Å²) in [4.78, 5) is 12.3. The second kappa shape index (κ2) is 10.6. The molecule has 0 fully saturated rings. The SMILES string of the molecule is COc1ccc(-n2c(SCC(=O)N/N=C\c3cccc(F)c3)nnc2-c2ccccc2)cc1. The Bertz CT molecular complexity index is 1260. The van der Waals surface area contributed by atoms with Crippen molar-refractivity contribution in [3.8, 4) is 22.8 Å². The third kappa shape index (κ3) is 5.64. The topological polar surface area (TPSA) is 81.4 Å². The zero-order valence-corrected chi connectivity index (χ0v) is 18.5. The summed E-state index contributed by atoms with van der Waals surface area (Å²) >= 11 is 1.24. The lowest BCUT2D eigenvalue weighted by Crippen LogP contribution is -2.20. The molecule has 4 rings (SSSR count). The molecule has 9 heteroatoms. The largest absolute Gasteiger partial charge is 0.497 e. The van der Waals surface area contributed by atoms with E-state index in [1.807, 2.05) is 59.2 Å². The number of hydrogen-bond acceptors (Lipinski definition) is 6.